The first-order valence-electron chi connectivity index (χ1n) is 11.2. The molecule has 0 aromatic heterocycles. The normalized spacial score (nSPS) is 12.0. The SMILES string of the molecule is CCO[Si](CCCCCCCCCCCCCCCCl)(OCC)OCC. The van der Waals surface area contributed by atoms with Gasteiger partial charge in [-0.25, -0.2) is 0 Å². The fraction of sp³-hybridized carbons (Fsp3) is 1.00. The predicted molar refractivity (Wildman–Crippen MR) is 116 cm³/mol. The topological polar surface area (TPSA) is 27.7 Å². The van der Waals surface area contributed by atoms with Crippen LogP contribution in [0, 0.1) is 0 Å². The fourth-order valence-corrected chi connectivity index (χ4v) is 6.26. The van der Waals surface area contributed by atoms with Crippen molar-refractivity contribution in [3.8, 4) is 0 Å². The van der Waals surface area contributed by atoms with E-state index in [-0.39, 0.29) is 0 Å². The van der Waals surface area contributed by atoms with Crippen molar-refractivity contribution in [1.82, 2.24) is 0 Å². The monoisotopic (exact) mass is 408 g/mol. The number of alkyl halides is 1. The summed E-state index contributed by atoms with van der Waals surface area (Å²) in [5.74, 6) is 0.825. The lowest BCUT2D eigenvalue weighted by molar-refractivity contribution is 0.0706. The molecule has 0 spiro atoms. The summed E-state index contributed by atoms with van der Waals surface area (Å²) in [5.41, 5.74) is 0. The molecule has 0 aromatic rings. The van der Waals surface area contributed by atoms with Gasteiger partial charge >= 0.3 is 8.80 Å². The predicted octanol–water partition coefficient (Wildman–Crippen LogP) is 7.34. The van der Waals surface area contributed by atoms with Crippen molar-refractivity contribution in [2.24, 2.45) is 0 Å². The zero-order chi connectivity index (χ0) is 19.3. The largest absolute Gasteiger partial charge is 0.500 e. The Bertz CT molecular complexity index is 263. The van der Waals surface area contributed by atoms with E-state index in [1.165, 1.54) is 77.0 Å². The summed E-state index contributed by atoms with van der Waals surface area (Å²) in [5, 5.41) is 0. The molecule has 0 heterocycles. The average molecular weight is 409 g/mol. The summed E-state index contributed by atoms with van der Waals surface area (Å²) in [6.45, 7) is 8.12. The van der Waals surface area contributed by atoms with Gasteiger partial charge in [0.25, 0.3) is 0 Å². The molecule has 0 bridgehead atoms. The number of hydrogen-bond donors (Lipinski definition) is 0. The summed E-state index contributed by atoms with van der Waals surface area (Å²) in [4.78, 5) is 0. The Morgan fingerprint density at radius 3 is 1.12 bits per heavy atom. The lowest BCUT2D eigenvalue weighted by Crippen LogP contribution is -2.45. The highest BCUT2D eigenvalue weighted by molar-refractivity contribution is 6.60. The molecule has 0 atom stereocenters. The van der Waals surface area contributed by atoms with Crippen LogP contribution in [-0.2, 0) is 13.3 Å². The highest BCUT2D eigenvalue weighted by atomic mass is 35.5. The minimum atomic E-state index is -2.41. The second-order valence-corrected chi connectivity index (χ2v) is 10.1. The van der Waals surface area contributed by atoms with Crippen LogP contribution in [0.2, 0.25) is 6.04 Å². The van der Waals surface area contributed by atoms with Crippen LogP contribution in [-0.4, -0.2) is 34.5 Å². The first-order valence-corrected chi connectivity index (χ1v) is 13.7. The zero-order valence-corrected chi connectivity index (χ0v) is 19.6. The van der Waals surface area contributed by atoms with Gasteiger partial charge in [-0.1, -0.05) is 70.6 Å². The number of rotatable bonds is 21. The van der Waals surface area contributed by atoms with Crippen molar-refractivity contribution >= 4 is 20.4 Å². The number of hydrogen-bond acceptors (Lipinski definition) is 3. The molecule has 0 amide bonds. The van der Waals surface area contributed by atoms with Crippen molar-refractivity contribution in [3.05, 3.63) is 0 Å². The molecule has 0 fully saturated rings. The maximum absolute atomic E-state index is 5.91. The van der Waals surface area contributed by atoms with E-state index in [1.54, 1.807) is 0 Å². The third kappa shape index (κ3) is 15.4. The number of halogens is 1. The van der Waals surface area contributed by atoms with Crippen molar-refractivity contribution in [1.29, 1.82) is 0 Å². The first kappa shape index (κ1) is 26.4. The van der Waals surface area contributed by atoms with Crippen LogP contribution in [0.4, 0.5) is 0 Å². The molecule has 3 nitrogen and oxygen atoms in total. The van der Waals surface area contributed by atoms with Gasteiger partial charge in [0.2, 0.25) is 0 Å². The Morgan fingerprint density at radius 1 is 0.500 bits per heavy atom. The maximum Gasteiger partial charge on any atom is 0.500 e. The molecule has 0 saturated carbocycles. The van der Waals surface area contributed by atoms with Gasteiger partial charge in [-0.15, -0.1) is 11.6 Å². The molecule has 0 aromatic carbocycles. The van der Waals surface area contributed by atoms with E-state index in [0.717, 1.165) is 18.3 Å². The lowest BCUT2D eigenvalue weighted by Gasteiger charge is -2.28. The molecule has 0 aliphatic heterocycles. The minimum absolute atomic E-state index is 0.679. The molecule has 158 valence electrons. The molecule has 0 N–H and O–H groups in total. The average Bonchev–Trinajstić information content (AvgIpc) is 2.63. The summed E-state index contributed by atoms with van der Waals surface area (Å²) in [6.07, 6.45) is 17.4. The molecule has 0 unspecified atom stereocenters. The van der Waals surface area contributed by atoms with Crippen LogP contribution < -0.4 is 0 Å². The second kappa shape index (κ2) is 20.1. The van der Waals surface area contributed by atoms with Gasteiger partial charge in [-0.05, 0) is 33.6 Å². The summed E-state index contributed by atoms with van der Waals surface area (Å²) in [7, 11) is -2.41. The van der Waals surface area contributed by atoms with Gasteiger partial charge in [0.15, 0.2) is 0 Å². The van der Waals surface area contributed by atoms with E-state index in [2.05, 4.69) is 0 Å². The molecular formula is C21H45ClO3Si. The third-order valence-electron chi connectivity index (χ3n) is 4.71. The summed E-state index contributed by atoms with van der Waals surface area (Å²) < 4.78 is 17.7. The van der Waals surface area contributed by atoms with Crippen LogP contribution in [0.15, 0.2) is 0 Å². The van der Waals surface area contributed by atoms with Crippen LogP contribution in [0.1, 0.15) is 104 Å². The van der Waals surface area contributed by atoms with Gasteiger partial charge < -0.3 is 13.3 Å². The third-order valence-corrected chi connectivity index (χ3v) is 8.13. The smallest absolute Gasteiger partial charge is 0.374 e. The molecule has 0 radical (unpaired) electrons. The number of unbranched alkanes of at least 4 members (excludes halogenated alkanes) is 12. The van der Waals surface area contributed by atoms with Crippen LogP contribution in [0.25, 0.3) is 0 Å². The van der Waals surface area contributed by atoms with Crippen molar-refractivity contribution < 1.29 is 13.3 Å². The Balaban J connectivity index is 3.52. The first-order chi connectivity index (χ1) is 12.7. The quantitative estimate of drug-likeness (QED) is 0.113. The van der Waals surface area contributed by atoms with Gasteiger partial charge in [0.05, 0.1) is 0 Å². The Kier molecular flexibility index (Phi) is 20.4. The molecule has 0 rings (SSSR count). The summed E-state index contributed by atoms with van der Waals surface area (Å²) in [6, 6.07) is 0.965. The highest BCUT2D eigenvalue weighted by Gasteiger charge is 2.39. The lowest BCUT2D eigenvalue weighted by atomic mass is 10.0. The van der Waals surface area contributed by atoms with Gasteiger partial charge in [-0.2, -0.15) is 0 Å². The Morgan fingerprint density at radius 2 is 0.808 bits per heavy atom. The van der Waals surface area contributed by atoms with E-state index in [1.807, 2.05) is 20.8 Å². The van der Waals surface area contributed by atoms with E-state index in [0.29, 0.717) is 19.8 Å². The van der Waals surface area contributed by atoms with E-state index in [4.69, 9.17) is 24.9 Å². The maximum atomic E-state index is 5.91. The fourth-order valence-electron chi connectivity index (χ4n) is 3.38. The molecule has 0 aliphatic carbocycles. The standard InChI is InChI=1S/C21H45ClO3Si/c1-4-23-26(24-5-2,25-6-3)21-19-17-15-13-11-9-7-8-10-12-14-16-18-20-22/h4-21H2,1-3H3. The van der Waals surface area contributed by atoms with Crippen molar-refractivity contribution in [2.75, 3.05) is 25.7 Å². The van der Waals surface area contributed by atoms with Crippen LogP contribution in [0.3, 0.4) is 0 Å². The summed E-state index contributed by atoms with van der Waals surface area (Å²) >= 11 is 5.69. The van der Waals surface area contributed by atoms with Crippen LogP contribution >= 0.6 is 11.6 Å². The molecule has 0 aliphatic rings. The zero-order valence-electron chi connectivity index (χ0n) is 17.8. The van der Waals surface area contributed by atoms with E-state index in [9.17, 15) is 0 Å². The van der Waals surface area contributed by atoms with E-state index < -0.39 is 8.80 Å². The van der Waals surface area contributed by atoms with E-state index >= 15 is 0 Å². The minimum Gasteiger partial charge on any atom is -0.374 e. The molecule has 0 saturated heterocycles. The highest BCUT2D eigenvalue weighted by Crippen LogP contribution is 2.21. The molecule has 26 heavy (non-hydrogen) atoms. The van der Waals surface area contributed by atoms with Crippen molar-refractivity contribution in [3.63, 3.8) is 0 Å². The van der Waals surface area contributed by atoms with Gasteiger partial charge in [-0.3, -0.25) is 0 Å². The second-order valence-electron chi connectivity index (χ2n) is 7.02. The van der Waals surface area contributed by atoms with Crippen LogP contribution in [0.5, 0.6) is 0 Å². The molecular weight excluding hydrogens is 364 g/mol. The molecule has 5 heteroatoms. The van der Waals surface area contributed by atoms with Gasteiger partial charge in [0, 0.05) is 31.7 Å². The Labute approximate surface area is 169 Å². The van der Waals surface area contributed by atoms with Crippen molar-refractivity contribution in [2.45, 2.75) is 110 Å². The Hall–Kier alpha value is 0.387. The van der Waals surface area contributed by atoms with Gasteiger partial charge in [0.1, 0.15) is 0 Å².